The molecule has 0 spiro atoms. The number of anilines is 1. The number of nitrogens with zero attached hydrogens (tertiary/aromatic N) is 4. The summed E-state index contributed by atoms with van der Waals surface area (Å²) >= 11 is 0. The summed E-state index contributed by atoms with van der Waals surface area (Å²) in [7, 11) is -3.70. The van der Waals surface area contributed by atoms with Crippen molar-refractivity contribution < 1.29 is 18.0 Å². The fourth-order valence-electron chi connectivity index (χ4n) is 4.22. The second kappa shape index (κ2) is 9.03. The van der Waals surface area contributed by atoms with Crippen LogP contribution in [0.3, 0.4) is 0 Å². The smallest absolute Gasteiger partial charge is 0.274 e. The van der Waals surface area contributed by atoms with Crippen LogP contribution >= 0.6 is 0 Å². The molecule has 172 valence electrons. The number of piperazine rings is 1. The summed E-state index contributed by atoms with van der Waals surface area (Å²) in [6.45, 7) is 5.43. The van der Waals surface area contributed by atoms with Gasteiger partial charge in [0.1, 0.15) is 0 Å². The number of hydrogen-bond acceptors (Lipinski definition) is 5. The Kier molecular flexibility index (Phi) is 6.34. The second-order valence-electron chi connectivity index (χ2n) is 8.28. The number of fused-ring (bicyclic) bond motifs is 1. The average molecular weight is 460 g/mol. The molecule has 0 bridgehead atoms. The summed E-state index contributed by atoms with van der Waals surface area (Å²) in [6.07, 6.45) is 3.47. The topological polar surface area (TPSA) is 105 Å². The van der Waals surface area contributed by atoms with Crippen molar-refractivity contribution in [2.24, 2.45) is 0 Å². The van der Waals surface area contributed by atoms with Gasteiger partial charge in [-0.15, -0.1) is 0 Å². The highest BCUT2D eigenvalue weighted by Crippen LogP contribution is 2.25. The fraction of sp³-hybridized carbons (Fsp3) is 0.500. The first-order valence-electron chi connectivity index (χ1n) is 11.1. The van der Waals surface area contributed by atoms with Gasteiger partial charge in [0.05, 0.1) is 4.90 Å². The SMILES string of the molecule is CCC(=O)Nc1ccc(S(=O)(=O)N2CCN(C(=O)c3cc4n(n3)CCCC4)CC2)c(C)c1. The van der Waals surface area contributed by atoms with Gasteiger partial charge in [-0.1, -0.05) is 6.92 Å². The molecule has 10 heteroatoms. The molecule has 32 heavy (non-hydrogen) atoms. The molecule has 2 aromatic rings. The number of rotatable bonds is 5. The highest BCUT2D eigenvalue weighted by atomic mass is 32.2. The molecule has 2 aliphatic rings. The zero-order valence-electron chi connectivity index (χ0n) is 18.5. The van der Waals surface area contributed by atoms with Gasteiger partial charge in [-0.3, -0.25) is 14.3 Å². The zero-order chi connectivity index (χ0) is 22.9. The Morgan fingerprint density at radius 1 is 1.06 bits per heavy atom. The van der Waals surface area contributed by atoms with Crippen LogP contribution in [0.25, 0.3) is 0 Å². The molecule has 3 heterocycles. The molecular weight excluding hydrogens is 430 g/mol. The van der Waals surface area contributed by atoms with Crippen molar-refractivity contribution in [2.75, 3.05) is 31.5 Å². The first kappa shape index (κ1) is 22.5. The molecule has 2 aliphatic heterocycles. The number of hydrogen-bond donors (Lipinski definition) is 1. The lowest BCUT2D eigenvalue weighted by Gasteiger charge is -2.34. The fourth-order valence-corrected chi connectivity index (χ4v) is 5.85. The van der Waals surface area contributed by atoms with Crippen molar-refractivity contribution >= 4 is 27.5 Å². The molecule has 1 aromatic heterocycles. The van der Waals surface area contributed by atoms with E-state index in [1.54, 1.807) is 30.9 Å². The summed E-state index contributed by atoms with van der Waals surface area (Å²) in [5.41, 5.74) is 2.68. The van der Waals surface area contributed by atoms with Crippen LogP contribution in [0.1, 0.15) is 47.9 Å². The van der Waals surface area contributed by atoms with E-state index in [-0.39, 0.29) is 29.8 Å². The molecule has 1 fully saturated rings. The van der Waals surface area contributed by atoms with Crippen molar-refractivity contribution in [1.29, 1.82) is 0 Å². The molecule has 1 aromatic carbocycles. The quantitative estimate of drug-likeness (QED) is 0.737. The molecule has 0 radical (unpaired) electrons. The first-order valence-corrected chi connectivity index (χ1v) is 12.5. The van der Waals surface area contributed by atoms with Crippen molar-refractivity contribution in [1.82, 2.24) is 19.0 Å². The van der Waals surface area contributed by atoms with Gasteiger partial charge in [-0.25, -0.2) is 8.42 Å². The van der Waals surface area contributed by atoms with Gasteiger partial charge >= 0.3 is 0 Å². The number of carbonyl (C=O) groups is 2. The van der Waals surface area contributed by atoms with Gasteiger partial charge in [0.15, 0.2) is 5.69 Å². The second-order valence-corrected chi connectivity index (χ2v) is 10.2. The maximum absolute atomic E-state index is 13.2. The maximum atomic E-state index is 13.2. The minimum Gasteiger partial charge on any atom is -0.335 e. The molecular formula is C22H29N5O4S. The van der Waals surface area contributed by atoms with Gasteiger partial charge in [-0.2, -0.15) is 9.40 Å². The van der Waals surface area contributed by atoms with E-state index in [0.717, 1.165) is 31.5 Å². The number of aryl methyl sites for hydroxylation is 3. The molecule has 9 nitrogen and oxygen atoms in total. The zero-order valence-corrected chi connectivity index (χ0v) is 19.3. The van der Waals surface area contributed by atoms with Gasteiger partial charge in [0, 0.05) is 50.5 Å². The number of amides is 2. The molecule has 4 rings (SSSR count). The van der Waals surface area contributed by atoms with Gasteiger partial charge < -0.3 is 10.2 Å². The lowest BCUT2D eigenvalue weighted by Crippen LogP contribution is -2.50. The van der Waals surface area contributed by atoms with E-state index in [1.165, 1.54) is 10.4 Å². The first-order chi connectivity index (χ1) is 15.3. The van der Waals surface area contributed by atoms with Crippen LogP contribution in [-0.2, 0) is 27.8 Å². The van der Waals surface area contributed by atoms with Crippen molar-refractivity contribution in [2.45, 2.75) is 51.0 Å². The standard InChI is InChI=1S/C22H29N5O4S/c1-3-21(28)23-17-7-8-20(16(2)14-17)32(30,31)26-12-10-25(11-13-26)22(29)19-15-18-6-4-5-9-27(18)24-19/h7-8,14-15H,3-6,9-13H2,1-2H3,(H,23,28). The van der Waals surface area contributed by atoms with Gasteiger partial charge in [0.2, 0.25) is 15.9 Å². The highest BCUT2D eigenvalue weighted by molar-refractivity contribution is 7.89. The Bertz CT molecular complexity index is 1110. The lowest BCUT2D eigenvalue weighted by molar-refractivity contribution is -0.115. The average Bonchev–Trinajstić information content (AvgIpc) is 3.23. The van der Waals surface area contributed by atoms with E-state index in [2.05, 4.69) is 10.4 Å². The number of benzene rings is 1. The van der Waals surface area contributed by atoms with Gasteiger partial charge in [0.25, 0.3) is 5.91 Å². The summed E-state index contributed by atoms with van der Waals surface area (Å²) in [6, 6.07) is 6.67. The Morgan fingerprint density at radius 2 is 1.81 bits per heavy atom. The largest absolute Gasteiger partial charge is 0.335 e. The van der Waals surface area contributed by atoms with E-state index in [4.69, 9.17) is 0 Å². The highest BCUT2D eigenvalue weighted by Gasteiger charge is 2.32. The predicted octanol–water partition coefficient (Wildman–Crippen LogP) is 2.02. The molecule has 2 amide bonds. The number of nitrogens with one attached hydrogen (secondary N) is 1. The van der Waals surface area contributed by atoms with Crippen LogP contribution in [0.5, 0.6) is 0 Å². The number of aromatic nitrogens is 2. The molecule has 0 unspecified atom stereocenters. The minimum absolute atomic E-state index is 0.126. The molecule has 1 saturated heterocycles. The van der Waals surface area contributed by atoms with Crippen LogP contribution in [0.2, 0.25) is 0 Å². The predicted molar refractivity (Wildman–Crippen MR) is 120 cm³/mol. The summed E-state index contributed by atoms with van der Waals surface area (Å²) in [4.78, 5) is 26.4. The van der Waals surface area contributed by atoms with Crippen LogP contribution in [0, 0.1) is 6.92 Å². The minimum atomic E-state index is -3.70. The summed E-state index contributed by atoms with van der Waals surface area (Å²) in [5.74, 6) is -0.268. The normalized spacial score (nSPS) is 17.1. The molecule has 0 saturated carbocycles. The third-order valence-electron chi connectivity index (χ3n) is 6.06. The van der Waals surface area contributed by atoms with Crippen molar-refractivity contribution in [3.05, 3.63) is 41.2 Å². The summed E-state index contributed by atoms with van der Waals surface area (Å²) in [5, 5.41) is 7.19. The Hall–Kier alpha value is -2.72. The molecule has 1 N–H and O–H groups in total. The van der Waals surface area contributed by atoms with Crippen LogP contribution in [0.4, 0.5) is 5.69 Å². The molecule has 0 atom stereocenters. The number of carbonyl (C=O) groups excluding carboxylic acids is 2. The Balaban J connectivity index is 1.42. The Morgan fingerprint density at radius 3 is 2.47 bits per heavy atom. The van der Waals surface area contributed by atoms with E-state index >= 15 is 0 Å². The van der Waals surface area contributed by atoms with Crippen LogP contribution < -0.4 is 5.32 Å². The van der Waals surface area contributed by atoms with E-state index in [0.29, 0.717) is 36.5 Å². The van der Waals surface area contributed by atoms with Crippen LogP contribution in [-0.4, -0.2) is 65.4 Å². The van der Waals surface area contributed by atoms with Crippen molar-refractivity contribution in [3.63, 3.8) is 0 Å². The molecule has 0 aliphatic carbocycles. The maximum Gasteiger partial charge on any atom is 0.274 e. The Labute approximate surface area is 188 Å². The van der Waals surface area contributed by atoms with E-state index in [9.17, 15) is 18.0 Å². The van der Waals surface area contributed by atoms with E-state index in [1.807, 2.05) is 10.7 Å². The van der Waals surface area contributed by atoms with Gasteiger partial charge in [-0.05, 0) is 56.0 Å². The third-order valence-corrected chi connectivity index (χ3v) is 8.12. The van der Waals surface area contributed by atoms with Crippen molar-refractivity contribution in [3.8, 4) is 0 Å². The summed E-state index contributed by atoms with van der Waals surface area (Å²) < 4.78 is 29.7. The third kappa shape index (κ3) is 4.42. The van der Waals surface area contributed by atoms with Crippen LogP contribution in [0.15, 0.2) is 29.2 Å². The van der Waals surface area contributed by atoms with E-state index < -0.39 is 10.0 Å². The lowest BCUT2D eigenvalue weighted by atomic mass is 10.1. The number of sulfonamides is 1. The monoisotopic (exact) mass is 459 g/mol.